The molecule has 1 aromatic heterocycles. The second-order valence-corrected chi connectivity index (χ2v) is 4.99. The van der Waals surface area contributed by atoms with E-state index in [9.17, 15) is 0 Å². The van der Waals surface area contributed by atoms with Gasteiger partial charge in [-0.05, 0) is 35.4 Å². The molecule has 0 aliphatic heterocycles. The van der Waals surface area contributed by atoms with Gasteiger partial charge in [0.2, 0.25) is 0 Å². The van der Waals surface area contributed by atoms with Gasteiger partial charge in [-0.25, -0.2) is 4.98 Å². The molecule has 1 heterocycles. The zero-order chi connectivity index (χ0) is 15.0. The van der Waals surface area contributed by atoms with Crippen LogP contribution in [-0.4, -0.2) is 4.98 Å². The molecule has 0 spiro atoms. The van der Waals surface area contributed by atoms with Gasteiger partial charge >= 0.3 is 0 Å². The highest BCUT2D eigenvalue weighted by atomic mass is 16.5. The number of nitrogens with zero attached hydrogens (tertiary/aromatic N) is 1. The quantitative estimate of drug-likeness (QED) is 0.736. The molecule has 0 amide bonds. The summed E-state index contributed by atoms with van der Waals surface area (Å²) in [5, 5.41) is 3.30. The van der Waals surface area contributed by atoms with Gasteiger partial charge in [0.1, 0.15) is 18.2 Å². The molecule has 0 saturated heterocycles. The number of pyridine rings is 1. The number of nitrogens with one attached hydrogen (secondary N) is 1. The van der Waals surface area contributed by atoms with Crippen LogP contribution in [0.15, 0.2) is 79.0 Å². The van der Waals surface area contributed by atoms with Gasteiger partial charge in [-0.1, -0.05) is 48.5 Å². The maximum Gasteiger partial charge on any atom is 0.126 e. The van der Waals surface area contributed by atoms with Crippen molar-refractivity contribution in [2.45, 2.75) is 13.2 Å². The van der Waals surface area contributed by atoms with Crippen LogP contribution in [0.3, 0.4) is 0 Å². The molecule has 0 unspecified atom stereocenters. The lowest BCUT2D eigenvalue weighted by Crippen LogP contribution is -2.01. The van der Waals surface area contributed by atoms with Crippen molar-refractivity contribution in [1.29, 1.82) is 0 Å². The minimum absolute atomic E-state index is 0.581. The molecule has 22 heavy (non-hydrogen) atoms. The van der Waals surface area contributed by atoms with E-state index in [-0.39, 0.29) is 0 Å². The Labute approximate surface area is 130 Å². The summed E-state index contributed by atoms with van der Waals surface area (Å²) >= 11 is 0. The molecule has 1 N–H and O–H groups in total. The van der Waals surface area contributed by atoms with Crippen LogP contribution in [-0.2, 0) is 13.2 Å². The molecule has 0 saturated carbocycles. The lowest BCUT2D eigenvalue weighted by Gasteiger charge is -2.08. The predicted molar refractivity (Wildman–Crippen MR) is 88.8 cm³/mol. The fourth-order valence-electron chi connectivity index (χ4n) is 2.10. The van der Waals surface area contributed by atoms with Gasteiger partial charge in [0.25, 0.3) is 0 Å². The first-order valence-electron chi connectivity index (χ1n) is 7.31. The van der Waals surface area contributed by atoms with E-state index in [1.165, 1.54) is 5.56 Å². The average Bonchev–Trinajstić information content (AvgIpc) is 2.61. The van der Waals surface area contributed by atoms with Crippen molar-refractivity contribution >= 4 is 5.82 Å². The smallest absolute Gasteiger partial charge is 0.126 e. The summed E-state index contributed by atoms with van der Waals surface area (Å²) in [6.07, 6.45) is 1.78. The number of ether oxygens (including phenoxy) is 1. The van der Waals surface area contributed by atoms with E-state index in [0.29, 0.717) is 6.61 Å². The maximum atomic E-state index is 5.74. The first-order valence-corrected chi connectivity index (χ1v) is 7.31. The Morgan fingerprint density at radius 1 is 0.773 bits per heavy atom. The van der Waals surface area contributed by atoms with Crippen molar-refractivity contribution in [3.8, 4) is 5.75 Å². The second-order valence-electron chi connectivity index (χ2n) is 4.99. The molecular weight excluding hydrogens is 272 g/mol. The highest BCUT2D eigenvalue weighted by Crippen LogP contribution is 2.13. The van der Waals surface area contributed by atoms with Crippen LogP contribution < -0.4 is 10.1 Å². The minimum atomic E-state index is 0.581. The molecule has 3 rings (SSSR count). The van der Waals surface area contributed by atoms with E-state index < -0.39 is 0 Å². The third-order valence-electron chi connectivity index (χ3n) is 3.31. The number of para-hydroxylation sites is 1. The number of hydrogen-bond acceptors (Lipinski definition) is 3. The maximum absolute atomic E-state index is 5.74. The largest absolute Gasteiger partial charge is 0.489 e. The van der Waals surface area contributed by atoms with E-state index >= 15 is 0 Å². The van der Waals surface area contributed by atoms with Crippen LogP contribution in [0.1, 0.15) is 11.1 Å². The van der Waals surface area contributed by atoms with Crippen molar-refractivity contribution in [3.63, 3.8) is 0 Å². The first-order chi connectivity index (χ1) is 10.9. The molecule has 0 bridgehead atoms. The van der Waals surface area contributed by atoms with Gasteiger partial charge in [0.05, 0.1) is 0 Å². The van der Waals surface area contributed by atoms with E-state index in [4.69, 9.17) is 4.74 Å². The van der Waals surface area contributed by atoms with E-state index in [0.717, 1.165) is 23.7 Å². The Morgan fingerprint density at radius 2 is 1.50 bits per heavy atom. The first kappa shape index (κ1) is 14.1. The van der Waals surface area contributed by atoms with Crippen molar-refractivity contribution in [2.24, 2.45) is 0 Å². The zero-order valence-corrected chi connectivity index (χ0v) is 12.3. The predicted octanol–water partition coefficient (Wildman–Crippen LogP) is 4.27. The molecule has 0 fully saturated rings. The number of aromatic nitrogens is 1. The second kappa shape index (κ2) is 7.27. The van der Waals surface area contributed by atoms with E-state index in [2.05, 4.69) is 34.6 Å². The number of rotatable bonds is 6. The number of benzene rings is 2. The molecule has 2 aromatic carbocycles. The molecule has 3 aromatic rings. The Kier molecular flexibility index (Phi) is 4.67. The van der Waals surface area contributed by atoms with Gasteiger partial charge in [0.15, 0.2) is 0 Å². The lowest BCUT2D eigenvalue weighted by molar-refractivity contribution is 0.306. The van der Waals surface area contributed by atoms with Crippen LogP contribution in [0.2, 0.25) is 0 Å². The van der Waals surface area contributed by atoms with Crippen molar-refractivity contribution in [3.05, 3.63) is 90.1 Å². The SMILES string of the molecule is c1ccc(OCc2ccc(CNc3ccccn3)cc2)cc1. The summed E-state index contributed by atoms with van der Waals surface area (Å²) in [6, 6.07) is 24.1. The highest BCUT2D eigenvalue weighted by Gasteiger charge is 1.98. The topological polar surface area (TPSA) is 34.1 Å². The monoisotopic (exact) mass is 290 g/mol. The van der Waals surface area contributed by atoms with Gasteiger partial charge in [0, 0.05) is 12.7 Å². The van der Waals surface area contributed by atoms with Crippen molar-refractivity contribution in [1.82, 2.24) is 4.98 Å². The van der Waals surface area contributed by atoms with E-state index in [1.54, 1.807) is 6.20 Å². The van der Waals surface area contributed by atoms with Crippen LogP contribution in [0.5, 0.6) is 5.75 Å². The van der Waals surface area contributed by atoms with E-state index in [1.807, 2.05) is 48.5 Å². The van der Waals surface area contributed by atoms with Crippen molar-refractivity contribution < 1.29 is 4.74 Å². The summed E-state index contributed by atoms with van der Waals surface area (Å²) in [4.78, 5) is 4.24. The van der Waals surface area contributed by atoms with Gasteiger partial charge in [-0.2, -0.15) is 0 Å². The lowest BCUT2D eigenvalue weighted by atomic mass is 10.1. The molecule has 3 nitrogen and oxygen atoms in total. The Balaban J connectivity index is 1.52. The molecule has 0 aliphatic carbocycles. The fraction of sp³-hybridized carbons (Fsp3) is 0.105. The van der Waals surface area contributed by atoms with Crippen LogP contribution >= 0.6 is 0 Å². The summed E-state index contributed by atoms with van der Waals surface area (Å²) < 4.78 is 5.74. The molecule has 110 valence electrons. The molecule has 0 atom stereocenters. The Morgan fingerprint density at radius 3 is 2.23 bits per heavy atom. The number of hydrogen-bond donors (Lipinski definition) is 1. The van der Waals surface area contributed by atoms with Gasteiger partial charge in [-0.3, -0.25) is 0 Å². The summed E-state index contributed by atoms with van der Waals surface area (Å²) in [5.74, 6) is 1.78. The molecular formula is C19H18N2O. The standard InChI is InChI=1S/C19H18N2O/c1-2-6-18(7-3-1)22-15-17-11-9-16(10-12-17)14-21-19-8-4-5-13-20-19/h1-13H,14-15H2,(H,20,21). The average molecular weight is 290 g/mol. The Bertz CT molecular complexity index is 619. The molecule has 3 heteroatoms. The Hall–Kier alpha value is -2.81. The summed E-state index contributed by atoms with van der Waals surface area (Å²) in [6.45, 7) is 1.34. The molecule has 0 radical (unpaired) electrons. The normalized spacial score (nSPS) is 10.2. The fourth-order valence-corrected chi connectivity index (χ4v) is 2.10. The number of anilines is 1. The summed E-state index contributed by atoms with van der Waals surface area (Å²) in [5.41, 5.74) is 2.37. The van der Waals surface area contributed by atoms with Crippen LogP contribution in [0, 0.1) is 0 Å². The van der Waals surface area contributed by atoms with Crippen LogP contribution in [0.4, 0.5) is 5.82 Å². The van der Waals surface area contributed by atoms with Gasteiger partial charge in [-0.15, -0.1) is 0 Å². The summed E-state index contributed by atoms with van der Waals surface area (Å²) in [7, 11) is 0. The highest BCUT2D eigenvalue weighted by molar-refractivity contribution is 5.35. The minimum Gasteiger partial charge on any atom is -0.489 e. The third-order valence-corrected chi connectivity index (χ3v) is 3.31. The molecule has 0 aliphatic rings. The van der Waals surface area contributed by atoms with Gasteiger partial charge < -0.3 is 10.1 Å². The van der Waals surface area contributed by atoms with Crippen molar-refractivity contribution in [2.75, 3.05) is 5.32 Å². The van der Waals surface area contributed by atoms with Crippen LogP contribution in [0.25, 0.3) is 0 Å². The zero-order valence-electron chi connectivity index (χ0n) is 12.3. The third kappa shape index (κ3) is 4.09.